The molecule has 0 heterocycles. The summed E-state index contributed by atoms with van der Waals surface area (Å²) in [6.45, 7) is 11.9. The molecular weight excluding hydrogens is 304 g/mol. The van der Waals surface area contributed by atoms with Crippen molar-refractivity contribution in [3.05, 3.63) is 12.7 Å². The molecule has 0 aromatic heterocycles. The smallest absolute Gasteiger partial charge is 0.0638 e. The number of allylic oxidation sites excluding steroid dienone is 1. The summed E-state index contributed by atoms with van der Waals surface area (Å²) < 4.78 is 6.22. The van der Waals surface area contributed by atoms with Gasteiger partial charge in [-0.25, -0.2) is 0 Å². The first-order valence-electron chi connectivity index (χ1n) is 11.1. The lowest BCUT2D eigenvalue weighted by Gasteiger charge is -2.61. The predicted molar refractivity (Wildman–Crippen MR) is 103 cm³/mol. The zero-order valence-corrected chi connectivity index (χ0v) is 16.9. The maximum Gasteiger partial charge on any atom is 0.0638 e. The van der Waals surface area contributed by atoms with E-state index < -0.39 is 0 Å². The number of hydrogen-bond donors (Lipinski definition) is 0. The Balaban J connectivity index is 1.50. The van der Waals surface area contributed by atoms with Crippen LogP contribution in [0.4, 0.5) is 0 Å². The summed E-state index contributed by atoms with van der Waals surface area (Å²) >= 11 is 0. The topological polar surface area (TPSA) is 9.23 Å². The molecule has 5 saturated carbocycles. The maximum absolute atomic E-state index is 6.22. The Morgan fingerprint density at radius 1 is 1.08 bits per heavy atom. The lowest BCUT2D eigenvalue weighted by Crippen LogP contribution is -2.57. The van der Waals surface area contributed by atoms with Crippen LogP contribution in [0, 0.1) is 51.8 Å². The average molecular weight is 343 g/mol. The minimum Gasteiger partial charge on any atom is -0.381 e. The molecule has 25 heavy (non-hydrogen) atoms. The van der Waals surface area contributed by atoms with Gasteiger partial charge in [-0.3, -0.25) is 0 Å². The van der Waals surface area contributed by atoms with Gasteiger partial charge in [0.1, 0.15) is 0 Å². The zero-order chi connectivity index (χ0) is 17.6. The minimum absolute atomic E-state index is 0.546. The van der Waals surface area contributed by atoms with Gasteiger partial charge in [-0.15, -0.1) is 6.58 Å². The summed E-state index contributed by atoms with van der Waals surface area (Å²) in [6, 6.07) is 0. The lowest BCUT2D eigenvalue weighted by molar-refractivity contribution is -0.160. The number of fused-ring (bicyclic) bond motifs is 4. The van der Waals surface area contributed by atoms with Crippen LogP contribution in [0.5, 0.6) is 0 Å². The fourth-order valence-corrected chi connectivity index (χ4v) is 9.65. The van der Waals surface area contributed by atoms with Crippen LogP contribution >= 0.6 is 0 Å². The van der Waals surface area contributed by atoms with E-state index in [9.17, 15) is 0 Å². The van der Waals surface area contributed by atoms with Crippen molar-refractivity contribution in [2.45, 2.75) is 78.2 Å². The Hall–Kier alpha value is -0.300. The Bertz CT molecular complexity index is 583. The third-order valence-corrected chi connectivity index (χ3v) is 10.9. The first-order valence-corrected chi connectivity index (χ1v) is 11.1. The van der Waals surface area contributed by atoms with Gasteiger partial charge in [0, 0.05) is 12.5 Å². The normalized spacial score (nSPS) is 60.2. The van der Waals surface area contributed by atoms with Crippen molar-refractivity contribution in [2.24, 2.45) is 51.8 Å². The second-order valence-electron chi connectivity index (χ2n) is 11.1. The van der Waals surface area contributed by atoms with Gasteiger partial charge in [0.15, 0.2) is 0 Å². The Morgan fingerprint density at radius 3 is 2.56 bits per heavy atom. The molecule has 5 aliphatic carbocycles. The molecule has 1 spiro atoms. The highest BCUT2D eigenvalue weighted by atomic mass is 16.5. The highest BCUT2D eigenvalue weighted by Gasteiger charge is 2.77. The number of hydrogen-bond acceptors (Lipinski definition) is 1. The second kappa shape index (κ2) is 5.15. The molecule has 4 unspecified atom stereocenters. The summed E-state index contributed by atoms with van der Waals surface area (Å²) in [5.41, 5.74) is 1.70. The molecule has 5 aliphatic rings. The van der Waals surface area contributed by atoms with Gasteiger partial charge in [-0.2, -0.15) is 0 Å². The standard InChI is InChI=1S/C24H38O/c1-6-15(2)18-7-8-19-17-13-21(25-5)24-14-16(24)9-12-23(24,4)20(17)10-11-22(18,19)3/h6,15-21H,1,7-14H2,2-5H3/t15-,16-,17?,18?,19?,20?,21-,22-,23-,24+/m1/s1. The molecule has 0 radical (unpaired) electrons. The molecule has 0 aromatic carbocycles. The van der Waals surface area contributed by atoms with E-state index in [4.69, 9.17) is 4.74 Å². The third kappa shape index (κ3) is 1.80. The van der Waals surface area contributed by atoms with Crippen molar-refractivity contribution >= 4 is 0 Å². The lowest BCUT2D eigenvalue weighted by atomic mass is 9.45. The van der Waals surface area contributed by atoms with Crippen LogP contribution in [0.25, 0.3) is 0 Å². The molecule has 0 saturated heterocycles. The van der Waals surface area contributed by atoms with Crippen LogP contribution in [0.2, 0.25) is 0 Å². The summed E-state index contributed by atoms with van der Waals surface area (Å²) in [5.74, 6) is 5.35. The fraction of sp³-hybridized carbons (Fsp3) is 0.917. The van der Waals surface area contributed by atoms with E-state index in [2.05, 4.69) is 33.4 Å². The second-order valence-corrected chi connectivity index (χ2v) is 11.1. The molecule has 5 rings (SSSR count). The van der Waals surface area contributed by atoms with E-state index in [0.29, 0.717) is 28.3 Å². The van der Waals surface area contributed by atoms with Gasteiger partial charge in [-0.05, 0) is 97.7 Å². The maximum atomic E-state index is 6.22. The fourth-order valence-electron chi connectivity index (χ4n) is 9.65. The van der Waals surface area contributed by atoms with E-state index in [-0.39, 0.29) is 0 Å². The van der Waals surface area contributed by atoms with Crippen molar-refractivity contribution in [2.75, 3.05) is 7.11 Å². The SMILES string of the molecule is C=C[C@@H](C)C1CCC2C3C[C@@H](OC)[C@]45C[C@H]4CC[C@]5(C)C3CC[C@@]21C. The number of rotatable bonds is 3. The highest BCUT2D eigenvalue weighted by molar-refractivity contribution is 5.26. The van der Waals surface area contributed by atoms with Gasteiger partial charge >= 0.3 is 0 Å². The van der Waals surface area contributed by atoms with Crippen LogP contribution in [-0.2, 0) is 4.74 Å². The van der Waals surface area contributed by atoms with Crippen molar-refractivity contribution in [1.29, 1.82) is 0 Å². The summed E-state index contributed by atoms with van der Waals surface area (Å²) in [7, 11) is 2.01. The minimum atomic E-state index is 0.546. The molecule has 0 aliphatic heterocycles. The molecule has 5 fully saturated rings. The summed E-state index contributed by atoms with van der Waals surface area (Å²) in [4.78, 5) is 0. The molecule has 0 aromatic rings. The number of methoxy groups -OCH3 is 1. The molecule has 1 heteroatoms. The van der Waals surface area contributed by atoms with Crippen molar-refractivity contribution in [3.8, 4) is 0 Å². The van der Waals surface area contributed by atoms with E-state index in [1.807, 2.05) is 7.11 Å². The van der Waals surface area contributed by atoms with Gasteiger partial charge < -0.3 is 4.74 Å². The molecule has 0 amide bonds. The number of ether oxygens (including phenoxy) is 1. The van der Waals surface area contributed by atoms with Crippen LogP contribution in [0.1, 0.15) is 72.1 Å². The van der Waals surface area contributed by atoms with Crippen molar-refractivity contribution in [3.63, 3.8) is 0 Å². The van der Waals surface area contributed by atoms with Gasteiger partial charge in [0.05, 0.1) is 6.10 Å². The molecule has 1 nitrogen and oxygen atoms in total. The molecule has 0 N–H and O–H groups in total. The molecular formula is C24H38O. The quantitative estimate of drug-likeness (QED) is 0.564. The zero-order valence-electron chi connectivity index (χ0n) is 16.9. The first kappa shape index (κ1) is 16.8. The first-order chi connectivity index (χ1) is 11.9. The summed E-state index contributed by atoms with van der Waals surface area (Å²) in [5, 5.41) is 0. The predicted octanol–water partition coefficient (Wildman–Crippen LogP) is 6.09. The monoisotopic (exact) mass is 342 g/mol. The van der Waals surface area contributed by atoms with Crippen LogP contribution < -0.4 is 0 Å². The van der Waals surface area contributed by atoms with Crippen molar-refractivity contribution < 1.29 is 4.74 Å². The van der Waals surface area contributed by atoms with E-state index in [0.717, 1.165) is 29.6 Å². The van der Waals surface area contributed by atoms with Crippen LogP contribution in [0.3, 0.4) is 0 Å². The Morgan fingerprint density at radius 2 is 1.88 bits per heavy atom. The van der Waals surface area contributed by atoms with Gasteiger partial charge in [-0.1, -0.05) is 26.8 Å². The van der Waals surface area contributed by atoms with Crippen LogP contribution in [-0.4, -0.2) is 13.2 Å². The van der Waals surface area contributed by atoms with E-state index >= 15 is 0 Å². The van der Waals surface area contributed by atoms with Crippen molar-refractivity contribution in [1.82, 2.24) is 0 Å². The van der Waals surface area contributed by atoms with E-state index in [1.54, 1.807) is 0 Å². The van der Waals surface area contributed by atoms with Crippen LogP contribution in [0.15, 0.2) is 12.7 Å². The molecule has 0 bridgehead atoms. The molecule has 10 atom stereocenters. The Labute approximate surface area is 155 Å². The summed E-state index contributed by atoms with van der Waals surface area (Å²) in [6.07, 6.45) is 14.4. The van der Waals surface area contributed by atoms with E-state index in [1.165, 1.54) is 51.4 Å². The molecule has 140 valence electrons. The largest absolute Gasteiger partial charge is 0.381 e. The van der Waals surface area contributed by atoms with Gasteiger partial charge in [0.25, 0.3) is 0 Å². The average Bonchev–Trinajstić information content (AvgIpc) is 3.12. The Kier molecular flexibility index (Phi) is 3.47. The van der Waals surface area contributed by atoms with Gasteiger partial charge in [0.2, 0.25) is 0 Å². The highest BCUT2D eigenvalue weighted by Crippen LogP contribution is 2.82. The third-order valence-electron chi connectivity index (χ3n) is 10.9.